The Bertz CT molecular complexity index is 815. The van der Waals surface area contributed by atoms with Crippen LogP contribution in [0, 0.1) is 0 Å². The third-order valence-electron chi connectivity index (χ3n) is 4.54. The van der Waals surface area contributed by atoms with Gasteiger partial charge in [0.2, 0.25) is 5.89 Å². The molecule has 7 nitrogen and oxygen atoms in total. The smallest absolute Gasteiger partial charge is 0.306 e. The SMILES string of the molecule is CCc1cccc(CC)c1NC(=O)COC(=O)CCCc1nc(C(C)(C)C)no1. The van der Waals surface area contributed by atoms with Crippen LogP contribution >= 0.6 is 0 Å². The summed E-state index contributed by atoms with van der Waals surface area (Å²) >= 11 is 0. The van der Waals surface area contributed by atoms with E-state index in [4.69, 9.17) is 9.26 Å². The van der Waals surface area contributed by atoms with E-state index < -0.39 is 5.97 Å². The summed E-state index contributed by atoms with van der Waals surface area (Å²) in [6, 6.07) is 5.97. The Labute approximate surface area is 172 Å². The normalized spacial score (nSPS) is 11.3. The van der Waals surface area contributed by atoms with Gasteiger partial charge in [-0.1, -0.05) is 58.0 Å². The molecule has 0 spiro atoms. The quantitative estimate of drug-likeness (QED) is 0.638. The van der Waals surface area contributed by atoms with E-state index in [2.05, 4.69) is 15.5 Å². The maximum absolute atomic E-state index is 12.2. The number of anilines is 1. The minimum absolute atomic E-state index is 0.178. The number of amides is 1. The van der Waals surface area contributed by atoms with Crippen LogP contribution in [0.4, 0.5) is 5.69 Å². The molecule has 7 heteroatoms. The van der Waals surface area contributed by atoms with Gasteiger partial charge in [-0.15, -0.1) is 0 Å². The second-order valence-electron chi connectivity index (χ2n) is 7.98. The molecule has 0 aliphatic heterocycles. The highest BCUT2D eigenvalue weighted by molar-refractivity contribution is 5.94. The van der Waals surface area contributed by atoms with Crippen molar-refractivity contribution in [2.45, 2.75) is 72.1 Å². The van der Waals surface area contributed by atoms with Gasteiger partial charge in [0.05, 0.1) is 0 Å². The van der Waals surface area contributed by atoms with Gasteiger partial charge in [-0.3, -0.25) is 9.59 Å². The van der Waals surface area contributed by atoms with Crippen molar-refractivity contribution in [1.29, 1.82) is 0 Å². The van der Waals surface area contributed by atoms with E-state index in [1.165, 1.54) is 0 Å². The van der Waals surface area contributed by atoms with Crippen LogP contribution in [0.25, 0.3) is 0 Å². The van der Waals surface area contributed by atoms with Crippen LogP contribution in [0.2, 0.25) is 0 Å². The molecular formula is C22H31N3O4. The molecule has 1 amide bonds. The third kappa shape index (κ3) is 6.69. The fraction of sp³-hybridized carbons (Fsp3) is 0.545. The van der Waals surface area contributed by atoms with E-state index in [0.717, 1.165) is 29.7 Å². The second-order valence-corrected chi connectivity index (χ2v) is 7.98. The molecule has 0 radical (unpaired) electrons. The van der Waals surface area contributed by atoms with Crippen molar-refractivity contribution < 1.29 is 18.8 Å². The number of aryl methyl sites for hydroxylation is 3. The van der Waals surface area contributed by atoms with Crippen LogP contribution < -0.4 is 5.32 Å². The van der Waals surface area contributed by atoms with Gasteiger partial charge in [-0.25, -0.2) is 0 Å². The Morgan fingerprint density at radius 2 is 1.79 bits per heavy atom. The number of rotatable bonds is 9. The Balaban J connectivity index is 1.77. The van der Waals surface area contributed by atoms with E-state index in [0.29, 0.717) is 24.6 Å². The molecule has 1 aromatic carbocycles. The first-order valence-corrected chi connectivity index (χ1v) is 10.1. The van der Waals surface area contributed by atoms with Crippen molar-refractivity contribution in [2.75, 3.05) is 11.9 Å². The first-order chi connectivity index (χ1) is 13.7. The Hall–Kier alpha value is -2.70. The van der Waals surface area contributed by atoms with Gasteiger partial charge < -0.3 is 14.6 Å². The zero-order valence-corrected chi connectivity index (χ0v) is 18.0. The lowest BCUT2D eigenvalue weighted by Gasteiger charge is -2.14. The number of esters is 1. The number of para-hydroxylation sites is 1. The number of aromatic nitrogens is 2. The van der Waals surface area contributed by atoms with Crippen LogP contribution in [0.15, 0.2) is 22.7 Å². The van der Waals surface area contributed by atoms with Crippen LogP contribution in [0.3, 0.4) is 0 Å². The van der Waals surface area contributed by atoms with Gasteiger partial charge in [0.25, 0.3) is 5.91 Å². The summed E-state index contributed by atoms with van der Waals surface area (Å²) in [5, 5.41) is 6.84. The van der Waals surface area contributed by atoms with Crippen molar-refractivity contribution >= 4 is 17.6 Å². The Kier molecular flexibility index (Phi) is 7.93. The lowest BCUT2D eigenvalue weighted by Crippen LogP contribution is -2.22. The van der Waals surface area contributed by atoms with Crippen molar-refractivity contribution in [2.24, 2.45) is 0 Å². The Morgan fingerprint density at radius 1 is 1.14 bits per heavy atom. The number of hydrogen-bond donors (Lipinski definition) is 1. The van der Waals surface area contributed by atoms with Gasteiger partial charge in [0.1, 0.15) is 0 Å². The minimum atomic E-state index is -0.421. The molecule has 2 aromatic rings. The molecule has 158 valence electrons. The van der Waals surface area contributed by atoms with Gasteiger partial charge in [0.15, 0.2) is 12.4 Å². The van der Waals surface area contributed by atoms with Crippen LogP contribution in [0.1, 0.15) is 70.3 Å². The summed E-state index contributed by atoms with van der Waals surface area (Å²) < 4.78 is 10.3. The van der Waals surface area contributed by atoms with E-state index in [1.807, 2.05) is 52.8 Å². The molecule has 0 unspecified atom stereocenters. The summed E-state index contributed by atoms with van der Waals surface area (Å²) in [4.78, 5) is 28.5. The van der Waals surface area contributed by atoms with E-state index >= 15 is 0 Å². The number of benzene rings is 1. The lowest BCUT2D eigenvalue weighted by molar-refractivity contribution is -0.147. The van der Waals surface area contributed by atoms with Gasteiger partial charge in [0, 0.05) is 23.9 Å². The highest BCUT2D eigenvalue weighted by Crippen LogP contribution is 2.22. The van der Waals surface area contributed by atoms with Gasteiger partial charge in [-0.2, -0.15) is 4.98 Å². The third-order valence-corrected chi connectivity index (χ3v) is 4.54. The fourth-order valence-corrected chi connectivity index (χ4v) is 2.84. The van der Waals surface area contributed by atoms with E-state index in [-0.39, 0.29) is 24.3 Å². The molecular weight excluding hydrogens is 370 g/mol. The monoisotopic (exact) mass is 401 g/mol. The summed E-state index contributed by atoms with van der Waals surface area (Å²) in [6.07, 6.45) is 2.83. The zero-order chi connectivity index (χ0) is 21.4. The molecule has 0 aliphatic rings. The Morgan fingerprint density at radius 3 is 2.34 bits per heavy atom. The molecule has 1 N–H and O–H groups in total. The van der Waals surface area contributed by atoms with E-state index in [9.17, 15) is 9.59 Å². The maximum Gasteiger partial charge on any atom is 0.306 e. The van der Waals surface area contributed by atoms with Crippen LogP contribution in [-0.4, -0.2) is 28.6 Å². The largest absolute Gasteiger partial charge is 0.456 e. The lowest BCUT2D eigenvalue weighted by atomic mass is 9.96. The molecule has 1 heterocycles. The average molecular weight is 402 g/mol. The predicted octanol–water partition coefficient (Wildman–Crippen LogP) is 4.00. The first kappa shape index (κ1) is 22.6. The number of carbonyl (C=O) groups is 2. The van der Waals surface area contributed by atoms with Crippen LogP contribution in [-0.2, 0) is 39.0 Å². The molecule has 0 saturated carbocycles. The number of nitrogens with one attached hydrogen (secondary N) is 1. The molecule has 29 heavy (non-hydrogen) atoms. The number of ether oxygens (including phenoxy) is 1. The highest BCUT2D eigenvalue weighted by atomic mass is 16.5. The molecule has 0 aliphatic carbocycles. The maximum atomic E-state index is 12.2. The predicted molar refractivity (Wildman–Crippen MR) is 111 cm³/mol. The standard InChI is InChI=1S/C22H31N3O4/c1-6-15-10-8-11-16(7-2)20(15)23-17(26)14-28-19(27)13-9-12-18-24-21(25-29-18)22(3,4)5/h8,10-11H,6-7,9,12-14H2,1-5H3,(H,23,26). The second kappa shape index (κ2) is 10.2. The van der Waals surface area contributed by atoms with Gasteiger partial charge in [-0.05, 0) is 30.4 Å². The summed E-state index contributed by atoms with van der Waals surface area (Å²) in [6.45, 7) is 9.80. The molecule has 1 aromatic heterocycles. The topological polar surface area (TPSA) is 94.3 Å². The first-order valence-electron chi connectivity index (χ1n) is 10.1. The summed E-state index contributed by atoms with van der Waals surface area (Å²) in [5.41, 5.74) is 2.78. The van der Waals surface area contributed by atoms with Crippen LogP contribution in [0.5, 0.6) is 0 Å². The van der Waals surface area contributed by atoms with E-state index in [1.54, 1.807) is 0 Å². The molecule has 0 atom stereocenters. The van der Waals surface area contributed by atoms with Crippen molar-refractivity contribution in [3.63, 3.8) is 0 Å². The van der Waals surface area contributed by atoms with Crippen molar-refractivity contribution in [1.82, 2.24) is 10.1 Å². The van der Waals surface area contributed by atoms with Crippen molar-refractivity contribution in [3.8, 4) is 0 Å². The summed E-state index contributed by atoms with van der Waals surface area (Å²) in [7, 11) is 0. The zero-order valence-electron chi connectivity index (χ0n) is 18.0. The number of hydrogen-bond acceptors (Lipinski definition) is 6. The molecule has 0 fully saturated rings. The summed E-state index contributed by atoms with van der Waals surface area (Å²) in [5.74, 6) is 0.394. The van der Waals surface area contributed by atoms with Crippen molar-refractivity contribution in [3.05, 3.63) is 41.0 Å². The molecule has 0 bridgehead atoms. The minimum Gasteiger partial charge on any atom is -0.456 e. The fourth-order valence-electron chi connectivity index (χ4n) is 2.84. The van der Waals surface area contributed by atoms with Gasteiger partial charge >= 0.3 is 5.97 Å². The highest BCUT2D eigenvalue weighted by Gasteiger charge is 2.21. The number of nitrogens with zero attached hydrogens (tertiary/aromatic N) is 2. The average Bonchev–Trinajstić information content (AvgIpc) is 3.16. The molecule has 0 saturated heterocycles. The molecule has 2 rings (SSSR count). The number of carbonyl (C=O) groups excluding carboxylic acids is 2.